The average Bonchev–Trinajstić information content (AvgIpc) is 3.00. The van der Waals surface area contributed by atoms with Crippen LogP contribution in [-0.4, -0.2) is 53.2 Å². The van der Waals surface area contributed by atoms with Crippen LogP contribution >= 0.6 is 0 Å². The predicted molar refractivity (Wildman–Crippen MR) is 81.9 cm³/mol. The fourth-order valence-corrected chi connectivity index (χ4v) is 2.54. The number of ether oxygens (including phenoxy) is 2. The predicted octanol–water partition coefficient (Wildman–Crippen LogP) is 0.411. The SMILES string of the molecule is CCCCCCC(=O)[C@]1(N)C=CN(C2COC(CO)O2)C(=O)N1. The Bertz CT molecular complexity index is 470. The second kappa shape index (κ2) is 7.87. The number of nitrogens with zero attached hydrogens (tertiary/aromatic N) is 1. The zero-order valence-corrected chi connectivity index (χ0v) is 13.4. The zero-order valence-electron chi connectivity index (χ0n) is 13.4. The van der Waals surface area contributed by atoms with Crippen LogP contribution < -0.4 is 11.1 Å². The van der Waals surface area contributed by atoms with Gasteiger partial charge in [0.15, 0.2) is 24.0 Å². The Morgan fingerprint density at radius 2 is 2.30 bits per heavy atom. The first-order valence-corrected chi connectivity index (χ1v) is 8.00. The second-order valence-electron chi connectivity index (χ2n) is 5.79. The molecule has 0 saturated carbocycles. The summed E-state index contributed by atoms with van der Waals surface area (Å²) in [6, 6.07) is -0.524. The lowest BCUT2D eigenvalue weighted by atomic mass is 9.98. The topological polar surface area (TPSA) is 114 Å². The molecule has 2 heterocycles. The van der Waals surface area contributed by atoms with E-state index in [1.807, 2.05) is 0 Å². The second-order valence-corrected chi connectivity index (χ2v) is 5.79. The van der Waals surface area contributed by atoms with Gasteiger partial charge in [-0.3, -0.25) is 15.4 Å². The maximum Gasteiger partial charge on any atom is 0.325 e. The summed E-state index contributed by atoms with van der Waals surface area (Å²) in [7, 11) is 0. The van der Waals surface area contributed by atoms with Crippen LogP contribution in [0.3, 0.4) is 0 Å². The zero-order chi connectivity index (χ0) is 16.9. The molecule has 2 unspecified atom stereocenters. The quantitative estimate of drug-likeness (QED) is 0.556. The van der Waals surface area contributed by atoms with Crippen LogP contribution in [0.1, 0.15) is 39.0 Å². The van der Waals surface area contributed by atoms with Gasteiger partial charge in [0.25, 0.3) is 0 Å². The number of hydrogen-bond acceptors (Lipinski definition) is 6. The van der Waals surface area contributed by atoms with E-state index < -0.39 is 24.2 Å². The van der Waals surface area contributed by atoms with Crippen LogP contribution in [0.4, 0.5) is 4.79 Å². The number of unbranched alkanes of at least 4 members (excludes halogenated alkanes) is 3. The number of aliphatic hydroxyl groups is 1. The molecular weight excluding hydrogens is 302 g/mol. The maximum atomic E-state index is 12.3. The van der Waals surface area contributed by atoms with E-state index in [4.69, 9.17) is 20.3 Å². The van der Waals surface area contributed by atoms with Crippen LogP contribution in [0, 0.1) is 0 Å². The first kappa shape index (κ1) is 17.9. The molecule has 0 aliphatic carbocycles. The third kappa shape index (κ3) is 4.29. The third-order valence-corrected chi connectivity index (χ3v) is 3.96. The Balaban J connectivity index is 1.93. The summed E-state index contributed by atoms with van der Waals surface area (Å²) in [5.74, 6) is -0.213. The van der Waals surface area contributed by atoms with Gasteiger partial charge >= 0.3 is 6.03 Å². The van der Waals surface area contributed by atoms with Crippen molar-refractivity contribution in [1.82, 2.24) is 10.2 Å². The van der Waals surface area contributed by atoms with Gasteiger partial charge in [-0.15, -0.1) is 0 Å². The molecule has 0 radical (unpaired) electrons. The van der Waals surface area contributed by atoms with Gasteiger partial charge in [0.05, 0.1) is 13.2 Å². The minimum Gasteiger partial charge on any atom is -0.391 e. The highest BCUT2D eigenvalue weighted by Crippen LogP contribution is 2.20. The Hall–Kier alpha value is -1.48. The smallest absolute Gasteiger partial charge is 0.325 e. The van der Waals surface area contributed by atoms with Gasteiger partial charge in [-0.05, 0) is 12.5 Å². The summed E-state index contributed by atoms with van der Waals surface area (Å²) < 4.78 is 10.5. The largest absolute Gasteiger partial charge is 0.391 e. The van der Waals surface area contributed by atoms with Crippen molar-refractivity contribution in [2.24, 2.45) is 5.73 Å². The molecule has 8 nitrogen and oxygen atoms in total. The number of hydrogen-bond donors (Lipinski definition) is 3. The lowest BCUT2D eigenvalue weighted by Crippen LogP contribution is -2.65. The highest BCUT2D eigenvalue weighted by Gasteiger charge is 2.41. The van der Waals surface area contributed by atoms with Gasteiger partial charge in [0.2, 0.25) is 0 Å². The average molecular weight is 327 g/mol. The summed E-state index contributed by atoms with van der Waals surface area (Å²) in [6.07, 6.45) is 5.74. The third-order valence-electron chi connectivity index (χ3n) is 3.96. The molecule has 0 aromatic rings. The summed E-state index contributed by atoms with van der Waals surface area (Å²) in [4.78, 5) is 25.7. The molecule has 23 heavy (non-hydrogen) atoms. The minimum atomic E-state index is -1.48. The molecule has 8 heteroatoms. The summed E-state index contributed by atoms with van der Waals surface area (Å²) in [5.41, 5.74) is 4.54. The molecule has 3 atom stereocenters. The van der Waals surface area contributed by atoms with Gasteiger partial charge < -0.3 is 19.9 Å². The standard InChI is InChI=1S/C15H25N3O5/c1-2-3-4-5-6-11(20)15(16)7-8-18(14(21)17-15)12-10-22-13(9-19)23-12/h7-8,12-13,19H,2-6,9-10,16H2,1H3,(H,17,21)/t12?,13?,15-/m0/s1. The van der Waals surface area contributed by atoms with E-state index in [1.165, 1.54) is 17.2 Å². The van der Waals surface area contributed by atoms with Gasteiger partial charge in [-0.1, -0.05) is 26.2 Å². The molecule has 0 bridgehead atoms. The Kier molecular flexibility index (Phi) is 6.11. The highest BCUT2D eigenvalue weighted by atomic mass is 16.7. The van der Waals surface area contributed by atoms with E-state index >= 15 is 0 Å². The monoisotopic (exact) mass is 327 g/mol. The van der Waals surface area contributed by atoms with Crippen LogP contribution in [0.25, 0.3) is 0 Å². The van der Waals surface area contributed by atoms with Crippen molar-refractivity contribution in [3.05, 3.63) is 12.3 Å². The van der Waals surface area contributed by atoms with Crippen molar-refractivity contribution in [2.75, 3.05) is 13.2 Å². The number of aliphatic hydroxyl groups excluding tert-OH is 1. The summed E-state index contributed by atoms with van der Waals surface area (Å²) in [5, 5.41) is 11.5. The normalized spacial score (nSPS) is 30.6. The molecule has 2 rings (SSSR count). The number of nitrogens with two attached hydrogens (primary N) is 1. The minimum absolute atomic E-state index is 0.144. The first-order chi connectivity index (χ1) is 11.0. The molecule has 0 aromatic heterocycles. The van der Waals surface area contributed by atoms with E-state index in [1.54, 1.807) is 0 Å². The number of amides is 2. The van der Waals surface area contributed by atoms with Gasteiger partial charge in [-0.25, -0.2) is 4.79 Å². The Morgan fingerprint density at radius 1 is 1.52 bits per heavy atom. The fourth-order valence-electron chi connectivity index (χ4n) is 2.54. The van der Waals surface area contributed by atoms with Crippen LogP contribution in [0.2, 0.25) is 0 Å². The van der Waals surface area contributed by atoms with Gasteiger partial charge in [-0.2, -0.15) is 0 Å². The molecular formula is C15H25N3O5. The van der Waals surface area contributed by atoms with Crippen molar-refractivity contribution in [2.45, 2.75) is 57.2 Å². The van der Waals surface area contributed by atoms with E-state index in [0.717, 1.165) is 25.7 Å². The number of Topliss-reactive ketones (excluding diaryl/α,β-unsaturated/α-hetero) is 1. The molecule has 2 aliphatic rings. The molecule has 0 spiro atoms. The van der Waals surface area contributed by atoms with Crippen LogP contribution in [-0.2, 0) is 14.3 Å². The molecule has 1 fully saturated rings. The van der Waals surface area contributed by atoms with E-state index in [0.29, 0.717) is 6.42 Å². The van der Waals surface area contributed by atoms with Crippen molar-refractivity contribution < 1.29 is 24.2 Å². The van der Waals surface area contributed by atoms with Crippen LogP contribution in [0.15, 0.2) is 12.3 Å². The maximum absolute atomic E-state index is 12.3. The molecule has 0 aromatic carbocycles. The number of nitrogens with one attached hydrogen (secondary N) is 1. The number of urea groups is 1. The van der Waals surface area contributed by atoms with Crippen molar-refractivity contribution in [1.29, 1.82) is 0 Å². The van der Waals surface area contributed by atoms with Crippen LogP contribution in [0.5, 0.6) is 0 Å². The summed E-state index contributed by atoms with van der Waals surface area (Å²) in [6.45, 7) is 1.96. The number of carbonyl (C=O) groups is 2. The first-order valence-electron chi connectivity index (χ1n) is 8.00. The van der Waals surface area contributed by atoms with E-state index in [9.17, 15) is 9.59 Å². The lowest BCUT2D eigenvalue weighted by molar-refractivity contribution is -0.124. The van der Waals surface area contributed by atoms with Crippen molar-refractivity contribution in [3.8, 4) is 0 Å². The number of rotatable bonds is 8. The molecule has 2 aliphatic heterocycles. The molecule has 4 N–H and O–H groups in total. The van der Waals surface area contributed by atoms with E-state index in [2.05, 4.69) is 12.2 Å². The van der Waals surface area contributed by atoms with Crippen molar-refractivity contribution >= 4 is 11.8 Å². The molecule has 130 valence electrons. The lowest BCUT2D eigenvalue weighted by Gasteiger charge is -2.35. The highest BCUT2D eigenvalue weighted by molar-refractivity contribution is 5.95. The van der Waals surface area contributed by atoms with Gasteiger partial charge in [0.1, 0.15) is 0 Å². The van der Waals surface area contributed by atoms with E-state index in [-0.39, 0.29) is 19.0 Å². The number of carbonyl (C=O) groups excluding carboxylic acids is 2. The van der Waals surface area contributed by atoms with Crippen molar-refractivity contribution in [3.63, 3.8) is 0 Å². The Labute approximate surface area is 135 Å². The number of ketones is 1. The molecule has 2 amide bonds. The van der Waals surface area contributed by atoms with Gasteiger partial charge in [0, 0.05) is 12.6 Å². The Morgan fingerprint density at radius 3 is 2.91 bits per heavy atom. The molecule has 1 saturated heterocycles. The summed E-state index contributed by atoms with van der Waals surface area (Å²) >= 11 is 0. The fraction of sp³-hybridized carbons (Fsp3) is 0.733.